The van der Waals surface area contributed by atoms with Gasteiger partial charge in [-0.2, -0.15) is 0 Å². The second-order valence-corrected chi connectivity index (χ2v) is 9.54. The van der Waals surface area contributed by atoms with Crippen LogP contribution in [-0.4, -0.2) is 55.2 Å². The maximum atomic E-state index is 14.1. The molecule has 5 heteroatoms. The highest BCUT2D eigenvalue weighted by Gasteiger charge is 2.23. The van der Waals surface area contributed by atoms with Crippen LogP contribution in [0.1, 0.15) is 55.7 Å². The van der Waals surface area contributed by atoms with Crippen molar-refractivity contribution in [2.45, 2.75) is 57.9 Å². The summed E-state index contributed by atoms with van der Waals surface area (Å²) < 4.78 is 33.3. The highest BCUT2D eigenvalue weighted by atomic mass is 19.1. The summed E-state index contributed by atoms with van der Waals surface area (Å²) in [6, 6.07) is 11.2. The Bertz CT molecular complexity index is 893. The molecule has 174 valence electrons. The molecule has 4 rings (SSSR count). The molecular formula is C27H36F2N2O. The summed E-state index contributed by atoms with van der Waals surface area (Å²) in [5, 5.41) is 0. The van der Waals surface area contributed by atoms with E-state index in [0.29, 0.717) is 18.2 Å². The van der Waals surface area contributed by atoms with Gasteiger partial charge >= 0.3 is 0 Å². The van der Waals surface area contributed by atoms with E-state index in [1.54, 1.807) is 6.07 Å². The van der Waals surface area contributed by atoms with Crippen molar-refractivity contribution in [1.82, 2.24) is 9.80 Å². The lowest BCUT2D eigenvalue weighted by Gasteiger charge is -2.32. The molecule has 0 atom stereocenters. The van der Waals surface area contributed by atoms with Crippen molar-refractivity contribution in [2.75, 3.05) is 39.3 Å². The normalized spacial score (nSPS) is 18.5. The van der Waals surface area contributed by atoms with E-state index in [1.807, 2.05) is 0 Å². The average Bonchev–Trinajstić information content (AvgIpc) is 3.00. The fraction of sp³-hybridized carbons (Fsp3) is 0.556. The van der Waals surface area contributed by atoms with Crippen LogP contribution in [0.3, 0.4) is 0 Å². The van der Waals surface area contributed by atoms with Crippen LogP contribution in [0.5, 0.6) is 5.75 Å². The number of rotatable bonds is 7. The Kier molecular flexibility index (Phi) is 7.80. The molecule has 0 saturated carbocycles. The molecule has 2 aliphatic rings. The van der Waals surface area contributed by atoms with Crippen LogP contribution in [0, 0.1) is 11.6 Å². The van der Waals surface area contributed by atoms with Gasteiger partial charge in [0.05, 0.1) is 6.61 Å². The highest BCUT2D eigenvalue weighted by molar-refractivity contribution is 5.37. The van der Waals surface area contributed by atoms with Crippen molar-refractivity contribution in [1.29, 1.82) is 0 Å². The molecule has 2 heterocycles. The average molecular weight is 443 g/mol. The Hall–Kier alpha value is -1.98. The number of nitrogens with zero attached hydrogens (tertiary/aromatic N) is 2. The van der Waals surface area contributed by atoms with Gasteiger partial charge in [-0.3, -0.25) is 0 Å². The van der Waals surface area contributed by atoms with E-state index in [4.69, 9.17) is 4.74 Å². The Morgan fingerprint density at radius 2 is 1.69 bits per heavy atom. The number of hydrogen-bond acceptors (Lipinski definition) is 3. The summed E-state index contributed by atoms with van der Waals surface area (Å²) in [5.74, 6) is 0.256. The predicted octanol–water partition coefficient (Wildman–Crippen LogP) is 5.42. The van der Waals surface area contributed by atoms with E-state index < -0.39 is 11.6 Å². The van der Waals surface area contributed by atoms with Gasteiger partial charge in [0.1, 0.15) is 17.4 Å². The van der Waals surface area contributed by atoms with E-state index in [0.717, 1.165) is 76.6 Å². The first kappa shape index (κ1) is 23.2. The zero-order valence-electron chi connectivity index (χ0n) is 19.5. The summed E-state index contributed by atoms with van der Waals surface area (Å²) in [7, 11) is 0. The molecule has 0 aliphatic carbocycles. The van der Waals surface area contributed by atoms with Gasteiger partial charge in [-0.25, -0.2) is 8.78 Å². The smallest absolute Gasteiger partial charge is 0.129 e. The Morgan fingerprint density at radius 3 is 2.41 bits per heavy atom. The third kappa shape index (κ3) is 5.87. The largest absolute Gasteiger partial charge is 0.494 e. The van der Waals surface area contributed by atoms with Crippen LogP contribution in [-0.2, 0) is 12.8 Å². The molecule has 0 radical (unpaired) electrons. The molecule has 0 bridgehead atoms. The van der Waals surface area contributed by atoms with Gasteiger partial charge in [0.15, 0.2) is 0 Å². The SMILES string of the molecule is CC(C)N1CCc2ccc(OCCCN3CCC(c4ccc(F)cc4F)CC3)cc2CC1. The number of ether oxygens (including phenoxy) is 1. The Morgan fingerprint density at radius 1 is 0.938 bits per heavy atom. The quantitative estimate of drug-likeness (QED) is 0.533. The Balaban J connectivity index is 1.19. The van der Waals surface area contributed by atoms with Crippen molar-refractivity contribution in [3.63, 3.8) is 0 Å². The number of likely N-dealkylation sites (tertiary alicyclic amines) is 1. The summed E-state index contributed by atoms with van der Waals surface area (Å²) >= 11 is 0. The molecule has 0 spiro atoms. The van der Waals surface area contributed by atoms with Crippen molar-refractivity contribution >= 4 is 0 Å². The molecule has 32 heavy (non-hydrogen) atoms. The topological polar surface area (TPSA) is 15.7 Å². The molecule has 1 saturated heterocycles. The number of halogens is 2. The van der Waals surface area contributed by atoms with Crippen LogP contribution in [0.2, 0.25) is 0 Å². The number of piperidine rings is 1. The van der Waals surface area contributed by atoms with Gasteiger partial charge in [-0.1, -0.05) is 12.1 Å². The van der Waals surface area contributed by atoms with Gasteiger partial charge in [-0.05, 0) is 99.8 Å². The molecular weight excluding hydrogens is 406 g/mol. The molecule has 0 aromatic heterocycles. The van der Waals surface area contributed by atoms with E-state index in [9.17, 15) is 8.78 Å². The summed E-state index contributed by atoms with van der Waals surface area (Å²) in [5.41, 5.74) is 3.55. The predicted molar refractivity (Wildman–Crippen MR) is 125 cm³/mol. The lowest BCUT2D eigenvalue weighted by molar-refractivity contribution is 0.192. The standard InChI is InChI=1S/C27H36F2N2O/c1-20(2)31-15-10-21-4-6-25(18-23(21)11-16-31)32-17-3-12-30-13-8-22(9-14-30)26-7-5-24(28)19-27(26)29/h4-7,18-20,22H,3,8-17H2,1-2H3. The van der Waals surface area contributed by atoms with E-state index in [2.05, 4.69) is 41.8 Å². The minimum absolute atomic E-state index is 0.189. The zero-order chi connectivity index (χ0) is 22.5. The highest BCUT2D eigenvalue weighted by Crippen LogP contribution is 2.30. The maximum absolute atomic E-state index is 14.1. The van der Waals surface area contributed by atoms with Crippen molar-refractivity contribution in [2.24, 2.45) is 0 Å². The number of fused-ring (bicyclic) bond motifs is 1. The van der Waals surface area contributed by atoms with Crippen LogP contribution in [0.4, 0.5) is 8.78 Å². The Labute approximate surface area is 191 Å². The van der Waals surface area contributed by atoms with Gasteiger partial charge in [0.2, 0.25) is 0 Å². The van der Waals surface area contributed by atoms with E-state index in [-0.39, 0.29) is 5.92 Å². The fourth-order valence-electron chi connectivity index (χ4n) is 5.10. The van der Waals surface area contributed by atoms with Crippen LogP contribution < -0.4 is 4.74 Å². The van der Waals surface area contributed by atoms with Crippen molar-refractivity contribution in [3.8, 4) is 5.75 Å². The van der Waals surface area contributed by atoms with Crippen LogP contribution in [0.15, 0.2) is 36.4 Å². The summed E-state index contributed by atoms with van der Waals surface area (Å²) in [6.07, 6.45) is 5.02. The van der Waals surface area contributed by atoms with Crippen LogP contribution in [0.25, 0.3) is 0 Å². The second-order valence-electron chi connectivity index (χ2n) is 9.54. The lowest BCUT2D eigenvalue weighted by Crippen LogP contribution is -2.34. The fourth-order valence-corrected chi connectivity index (χ4v) is 5.10. The molecule has 0 amide bonds. The zero-order valence-corrected chi connectivity index (χ0v) is 19.5. The van der Waals surface area contributed by atoms with E-state index >= 15 is 0 Å². The summed E-state index contributed by atoms with van der Waals surface area (Å²) in [6.45, 7) is 10.4. The van der Waals surface area contributed by atoms with Gasteiger partial charge < -0.3 is 14.5 Å². The lowest BCUT2D eigenvalue weighted by atomic mass is 9.89. The van der Waals surface area contributed by atoms with Crippen LogP contribution >= 0.6 is 0 Å². The molecule has 1 fully saturated rings. The third-order valence-corrected chi connectivity index (χ3v) is 7.12. The van der Waals surface area contributed by atoms with Crippen molar-refractivity contribution in [3.05, 3.63) is 64.7 Å². The molecule has 3 nitrogen and oxygen atoms in total. The van der Waals surface area contributed by atoms with Crippen molar-refractivity contribution < 1.29 is 13.5 Å². The summed E-state index contributed by atoms with van der Waals surface area (Å²) in [4.78, 5) is 4.98. The molecule has 2 aromatic rings. The first-order chi connectivity index (χ1) is 15.5. The number of benzene rings is 2. The van der Waals surface area contributed by atoms with E-state index in [1.165, 1.54) is 17.2 Å². The second kappa shape index (κ2) is 10.8. The molecule has 0 unspecified atom stereocenters. The molecule has 2 aromatic carbocycles. The van der Waals surface area contributed by atoms with Gasteiger partial charge in [0, 0.05) is 31.7 Å². The maximum Gasteiger partial charge on any atom is 0.129 e. The van der Waals surface area contributed by atoms with Gasteiger partial charge in [0.25, 0.3) is 0 Å². The minimum Gasteiger partial charge on any atom is -0.494 e. The minimum atomic E-state index is -0.504. The number of hydrogen-bond donors (Lipinski definition) is 0. The monoisotopic (exact) mass is 442 g/mol. The third-order valence-electron chi connectivity index (χ3n) is 7.12. The molecule has 2 aliphatic heterocycles. The van der Waals surface area contributed by atoms with Gasteiger partial charge in [-0.15, -0.1) is 0 Å². The molecule has 0 N–H and O–H groups in total. The first-order valence-corrected chi connectivity index (χ1v) is 12.2. The first-order valence-electron chi connectivity index (χ1n) is 12.2.